The molecule has 1 fully saturated rings. The predicted octanol–water partition coefficient (Wildman–Crippen LogP) is 0.791. The van der Waals surface area contributed by atoms with Gasteiger partial charge in [0.1, 0.15) is 10.9 Å². The SMILES string of the molecule is CCCN[C@H](C)[C@@H]1CC([C@@H](O)CC)O[C@H]1n1c(=O)sc2c(=O)[nH]c(N)nc21. The van der Waals surface area contributed by atoms with Crippen LogP contribution in [0.25, 0.3) is 10.3 Å². The molecule has 1 unspecified atom stereocenters. The second-order valence-electron chi connectivity index (χ2n) is 7.02. The Kier molecular flexibility index (Phi) is 5.99. The van der Waals surface area contributed by atoms with Crippen molar-refractivity contribution in [2.45, 2.75) is 64.5 Å². The molecule has 5 N–H and O–H groups in total. The van der Waals surface area contributed by atoms with E-state index in [1.165, 1.54) is 4.57 Å². The molecule has 2 aromatic heterocycles. The molecule has 2 aromatic rings. The fourth-order valence-electron chi connectivity index (χ4n) is 3.63. The van der Waals surface area contributed by atoms with Crippen LogP contribution in [0.2, 0.25) is 0 Å². The maximum Gasteiger partial charge on any atom is 0.311 e. The number of hydrogen-bond donors (Lipinski definition) is 4. The van der Waals surface area contributed by atoms with Crippen molar-refractivity contribution in [3.8, 4) is 0 Å². The van der Waals surface area contributed by atoms with Gasteiger partial charge in [0.05, 0.1) is 12.2 Å². The number of thiazole rings is 1. The number of aromatic amines is 1. The number of anilines is 1. The summed E-state index contributed by atoms with van der Waals surface area (Å²) >= 11 is 0.831. The van der Waals surface area contributed by atoms with Gasteiger partial charge in [-0.3, -0.25) is 19.1 Å². The number of aliphatic hydroxyl groups excluding tert-OH is 1. The molecule has 0 amide bonds. The lowest BCUT2D eigenvalue weighted by Crippen LogP contribution is -2.38. The van der Waals surface area contributed by atoms with Gasteiger partial charge in [-0.2, -0.15) is 4.98 Å². The quantitative estimate of drug-likeness (QED) is 0.542. The minimum atomic E-state index is -0.620. The lowest BCUT2D eigenvalue weighted by molar-refractivity contribution is -0.0671. The van der Waals surface area contributed by atoms with E-state index in [1.54, 1.807) is 0 Å². The first kappa shape index (κ1) is 20.0. The third-order valence-corrected chi connectivity index (χ3v) is 6.08. The summed E-state index contributed by atoms with van der Waals surface area (Å²) in [7, 11) is 0. The van der Waals surface area contributed by atoms with Gasteiger partial charge in [0.2, 0.25) is 5.95 Å². The van der Waals surface area contributed by atoms with Crippen molar-refractivity contribution in [3.05, 3.63) is 20.0 Å². The Morgan fingerprint density at radius 1 is 1.48 bits per heavy atom. The molecule has 1 aliphatic rings. The highest BCUT2D eigenvalue weighted by Gasteiger charge is 2.43. The van der Waals surface area contributed by atoms with Gasteiger partial charge >= 0.3 is 4.87 Å². The van der Waals surface area contributed by atoms with Gasteiger partial charge in [0.25, 0.3) is 5.56 Å². The average molecular weight is 398 g/mol. The number of H-pyrrole nitrogens is 1. The summed E-state index contributed by atoms with van der Waals surface area (Å²) < 4.78 is 7.77. The van der Waals surface area contributed by atoms with Crippen molar-refractivity contribution in [2.75, 3.05) is 12.3 Å². The molecule has 5 atom stereocenters. The second kappa shape index (κ2) is 8.09. The number of nitrogens with zero attached hydrogens (tertiary/aromatic N) is 2. The van der Waals surface area contributed by atoms with Crippen LogP contribution in [0.5, 0.6) is 0 Å². The van der Waals surface area contributed by atoms with Crippen LogP contribution < -0.4 is 21.5 Å². The maximum atomic E-state index is 12.7. The van der Waals surface area contributed by atoms with Crippen molar-refractivity contribution >= 4 is 27.6 Å². The van der Waals surface area contributed by atoms with E-state index in [9.17, 15) is 14.7 Å². The summed E-state index contributed by atoms with van der Waals surface area (Å²) in [6.07, 6.45) is 0.546. The maximum absolute atomic E-state index is 12.7. The number of aliphatic hydroxyl groups is 1. The van der Waals surface area contributed by atoms with Crippen LogP contribution in [-0.4, -0.2) is 44.4 Å². The molecule has 0 saturated carbocycles. The lowest BCUT2D eigenvalue weighted by Gasteiger charge is -2.26. The van der Waals surface area contributed by atoms with Gasteiger partial charge in [-0.25, -0.2) is 0 Å². The molecule has 0 aromatic carbocycles. The average Bonchev–Trinajstić information content (AvgIpc) is 3.20. The highest BCUT2D eigenvalue weighted by atomic mass is 32.1. The number of nitrogens with one attached hydrogen (secondary N) is 2. The number of nitrogens with two attached hydrogens (primary N) is 1. The Balaban J connectivity index is 2.06. The molecule has 3 rings (SSSR count). The van der Waals surface area contributed by atoms with Crippen molar-refractivity contribution in [1.82, 2.24) is 19.9 Å². The van der Waals surface area contributed by atoms with Crippen LogP contribution >= 0.6 is 11.3 Å². The largest absolute Gasteiger partial charge is 0.390 e. The Labute approximate surface area is 160 Å². The first-order chi connectivity index (χ1) is 12.9. The molecule has 1 saturated heterocycles. The van der Waals surface area contributed by atoms with E-state index in [4.69, 9.17) is 10.5 Å². The summed E-state index contributed by atoms with van der Waals surface area (Å²) in [4.78, 5) is 31.1. The molecule has 9 nitrogen and oxygen atoms in total. The zero-order valence-electron chi connectivity index (χ0n) is 15.8. The topological polar surface area (TPSA) is 135 Å². The number of ether oxygens (including phenoxy) is 1. The van der Waals surface area contributed by atoms with Gasteiger partial charge in [-0.15, -0.1) is 0 Å². The Morgan fingerprint density at radius 3 is 2.89 bits per heavy atom. The van der Waals surface area contributed by atoms with Crippen molar-refractivity contribution in [1.29, 1.82) is 0 Å². The fourth-order valence-corrected chi connectivity index (χ4v) is 4.47. The van der Waals surface area contributed by atoms with E-state index in [0.29, 0.717) is 12.8 Å². The summed E-state index contributed by atoms with van der Waals surface area (Å²) in [6.45, 7) is 6.87. The monoisotopic (exact) mass is 397 g/mol. The van der Waals surface area contributed by atoms with Gasteiger partial charge < -0.3 is 20.9 Å². The standard InChI is InChI=1S/C17H27N5O4S/c1-4-6-19-8(3)9-7-11(10(23)5-2)26-15(9)22-13-12(27-17(22)25)14(24)21-16(18)20-13/h8-11,15,19,23H,4-7H2,1-3H3,(H3,18,20,21,24)/t8-,9+,10+,11?,15-/m1/s1. The molecule has 0 bridgehead atoms. The summed E-state index contributed by atoms with van der Waals surface area (Å²) in [5.74, 6) is -0.101. The lowest BCUT2D eigenvalue weighted by atomic mass is 9.93. The normalized spacial score (nSPS) is 25.1. The molecule has 0 radical (unpaired) electrons. The van der Waals surface area contributed by atoms with Gasteiger partial charge in [-0.1, -0.05) is 25.2 Å². The van der Waals surface area contributed by atoms with E-state index in [1.807, 2.05) is 13.8 Å². The zero-order chi connectivity index (χ0) is 19.7. The molecule has 0 aliphatic carbocycles. The number of fused-ring (bicyclic) bond motifs is 1. The summed E-state index contributed by atoms with van der Waals surface area (Å²) in [5.41, 5.74) is 5.49. The van der Waals surface area contributed by atoms with Gasteiger partial charge in [0.15, 0.2) is 5.65 Å². The minimum absolute atomic E-state index is 0.0455. The molecular formula is C17H27N5O4S. The van der Waals surface area contributed by atoms with Crippen LogP contribution in [0.1, 0.15) is 46.3 Å². The molecule has 3 heterocycles. The first-order valence-electron chi connectivity index (χ1n) is 9.35. The Morgan fingerprint density at radius 2 is 2.22 bits per heavy atom. The predicted molar refractivity (Wildman–Crippen MR) is 105 cm³/mol. The fraction of sp³-hybridized carbons (Fsp3) is 0.706. The smallest absolute Gasteiger partial charge is 0.311 e. The second-order valence-corrected chi connectivity index (χ2v) is 7.99. The summed E-state index contributed by atoms with van der Waals surface area (Å²) in [6, 6.07) is 0.0604. The number of hydrogen-bond acceptors (Lipinski definition) is 8. The molecular weight excluding hydrogens is 370 g/mol. The van der Waals surface area contributed by atoms with Crippen LogP contribution in [0.3, 0.4) is 0 Å². The molecule has 27 heavy (non-hydrogen) atoms. The zero-order valence-corrected chi connectivity index (χ0v) is 16.6. The molecule has 150 valence electrons. The van der Waals surface area contributed by atoms with Gasteiger partial charge in [0, 0.05) is 12.0 Å². The molecule has 0 spiro atoms. The van der Waals surface area contributed by atoms with E-state index in [2.05, 4.69) is 22.2 Å². The molecule has 10 heteroatoms. The van der Waals surface area contributed by atoms with E-state index >= 15 is 0 Å². The first-order valence-corrected chi connectivity index (χ1v) is 10.2. The van der Waals surface area contributed by atoms with Crippen LogP contribution in [0, 0.1) is 5.92 Å². The minimum Gasteiger partial charge on any atom is -0.390 e. The highest BCUT2D eigenvalue weighted by Crippen LogP contribution is 2.39. The Bertz CT molecular complexity index is 907. The van der Waals surface area contributed by atoms with E-state index in [-0.39, 0.29) is 39.2 Å². The van der Waals surface area contributed by atoms with Crippen molar-refractivity contribution in [2.24, 2.45) is 5.92 Å². The van der Waals surface area contributed by atoms with Crippen molar-refractivity contribution in [3.63, 3.8) is 0 Å². The van der Waals surface area contributed by atoms with Crippen LogP contribution in [0.15, 0.2) is 9.59 Å². The highest BCUT2D eigenvalue weighted by molar-refractivity contribution is 7.16. The molecule has 1 aliphatic heterocycles. The number of aromatic nitrogens is 3. The summed E-state index contributed by atoms with van der Waals surface area (Å²) in [5, 5.41) is 13.7. The number of rotatable bonds is 7. The van der Waals surface area contributed by atoms with Gasteiger partial charge in [-0.05, 0) is 32.7 Å². The van der Waals surface area contributed by atoms with Crippen LogP contribution in [0.4, 0.5) is 5.95 Å². The third-order valence-electron chi connectivity index (χ3n) is 5.14. The Hall–Kier alpha value is -1.75. The third kappa shape index (κ3) is 3.79. The van der Waals surface area contributed by atoms with E-state index < -0.39 is 17.9 Å². The van der Waals surface area contributed by atoms with Crippen LogP contribution in [-0.2, 0) is 4.74 Å². The van der Waals surface area contributed by atoms with Crippen molar-refractivity contribution < 1.29 is 9.84 Å². The van der Waals surface area contributed by atoms with E-state index in [0.717, 1.165) is 24.3 Å². The number of nitrogen functional groups attached to an aromatic ring is 1.